The number of likely N-dealkylation sites (N-methyl/N-ethyl adjacent to an activating group) is 1. The van der Waals surface area contributed by atoms with E-state index in [4.69, 9.17) is 0 Å². The highest BCUT2D eigenvalue weighted by atomic mass is 16.2. The number of carbonyl (C=O) groups is 1. The number of carbonyl (C=O) groups excluding carboxylic acids is 1. The van der Waals surface area contributed by atoms with E-state index in [1.54, 1.807) is 4.90 Å². The van der Waals surface area contributed by atoms with E-state index < -0.39 is 0 Å². The molecule has 0 aromatic heterocycles. The molecule has 1 fully saturated rings. The number of piperidine rings is 1. The zero-order chi connectivity index (χ0) is 13.7. The summed E-state index contributed by atoms with van der Waals surface area (Å²) in [5, 5.41) is 3.48. The van der Waals surface area contributed by atoms with Crippen LogP contribution in [-0.4, -0.2) is 60.5 Å². The maximum atomic E-state index is 12.0. The summed E-state index contributed by atoms with van der Waals surface area (Å²) in [6, 6.07) is 1.06. The van der Waals surface area contributed by atoms with Crippen LogP contribution in [0.1, 0.15) is 40.5 Å². The first kappa shape index (κ1) is 15.4. The molecule has 0 aromatic rings. The van der Waals surface area contributed by atoms with Gasteiger partial charge in [-0.05, 0) is 53.6 Å². The predicted molar refractivity (Wildman–Crippen MR) is 75.6 cm³/mol. The molecule has 1 saturated heterocycles. The van der Waals surface area contributed by atoms with Crippen molar-refractivity contribution in [3.05, 3.63) is 0 Å². The van der Waals surface area contributed by atoms with E-state index in [1.807, 2.05) is 20.9 Å². The highest BCUT2D eigenvalue weighted by Gasteiger charge is 2.24. The standard InChI is InChI=1S/C14H29N3O/c1-6-16(5)14(18)12(4)15-13-7-9-17(10-8-13)11(2)3/h11-13,15H,6-10H2,1-5H3. The Labute approximate surface area is 112 Å². The number of amides is 1. The Balaban J connectivity index is 2.34. The fourth-order valence-corrected chi connectivity index (χ4v) is 2.49. The van der Waals surface area contributed by atoms with Crippen molar-refractivity contribution < 1.29 is 4.79 Å². The van der Waals surface area contributed by atoms with Crippen LogP contribution < -0.4 is 5.32 Å². The van der Waals surface area contributed by atoms with Crippen molar-refractivity contribution in [3.8, 4) is 0 Å². The maximum Gasteiger partial charge on any atom is 0.239 e. The van der Waals surface area contributed by atoms with Gasteiger partial charge in [-0.2, -0.15) is 0 Å². The van der Waals surface area contributed by atoms with Gasteiger partial charge in [0.25, 0.3) is 0 Å². The summed E-state index contributed by atoms with van der Waals surface area (Å²) < 4.78 is 0. The first-order chi connectivity index (χ1) is 8.45. The normalized spacial score (nSPS) is 20.1. The summed E-state index contributed by atoms with van der Waals surface area (Å²) in [6.45, 7) is 11.5. The minimum atomic E-state index is -0.0643. The second-order valence-corrected chi connectivity index (χ2v) is 5.64. The topological polar surface area (TPSA) is 35.6 Å². The average molecular weight is 255 g/mol. The van der Waals surface area contributed by atoms with Crippen molar-refractivity contribution in [2.24, 2.45) is 0 Å². The van der Waals surface area contributed by atoms with Gasteiger partial charge < -0.3 is 15.1 Å². The molecule has 0 aliphatic carbocycles. The van der Waals surface area contributed by atoms with Crippen LogP contribution in [0.5, 0.6) is 0 Å². The Morgan fingerprint density at radius 2 is 1.89 bits per heavy atom. The third kappa shape index (κ3) is 4.25. The zero-order valence-corrected chi connectivity index (χ0v) is 12.6. The molecular formula is C14H29N3O. The minimum absolute atomic E-state index is 0.0643. The number of rotatable bonds is 5. The van der Waals surface area contributed by atoms with Crippen LogP contribution in [0.3, 0.4) is 0 Å². The first-order valence-corrected chi connectivity index (χ1v) is 7.20. The molecule has 1 amide bonds. The quantitative estimate of drug-likeness (QED) is 0.805. The number of likely N-dealkylation sites (tertiary alicyclic amines) is 1. The minimum Gasteiger partial charge on any atom is -0.345 e. The fourth-order valence-electron chi connectivity index (χ4n) is 2.49. The second kappa shape index (κ2) is 7.10. The monoisotopic (exact) mass is 255 g/mol. The van der Waals surface area contributed by atoms with E-state index in [0.29, 0.717) is 12.1 Å². The molecule has 0 saturated carbocycles. The molecule has 1 unspecified atom stereocenters. The lowest BCUT2D eigenvalue weighted by Crippen LogP contribution is -2.51. The van der Waals surface area contributed by atoms with Gasteiger partial charge in [-0.15, -0.1) is 0 Å². The Kier molecular flexibility index (Phi) is 6.09. The van der Waals surface area contributed by atoms with Crippen molar-refractivity contribution in [3.63, 3.8) is 0 Å². The van der Waals surface area contributed by atoms with Crippen LogP contribution in [-0.2, 0) is 4.79 Å². The van der Waals surface area contributed by atoms with E-state index in [0.717, 1.165) is 32.5 Å². The molecule has 1 rings (SSSR count). The van der Waals surface area contributed by atoms with Crippen LogP contribution in [0.4, 0.5) is 0 Å². The molecular weight excluding hydrogens is 226 g/mol. The lowest BCUT2D eigenvalue weighted by Gasteiger charge is -2.36. The summed E-state index contributed by atoms with van der Waals surface area (Å²) in [4.78, 5) is 16.3. The van der Waals surface area contributed by atoms with Gasteiger partial charge in [0.05, 0.1) is 6.04 Å². The molecule has 1 aliphatic heterocycles. The second-order valence-electron chi connectivity index (χ2n) is 5.64. The van der Waals surface area contributed by atoms with E-state index in [1.165, 1.54) is 0 Å². The highest BCUT2D eigenvalue weighted by Crippen LogP contribution is 2.13. The van der Waals surface area contributed by atoms with Crippen LogP contribution in [0.2, 0.25) is 0 Å². The Hall–Kier alpha value is -0.610. The molecule has 1 N–H and O–H groups in total. The molecule has 0 aromatic carbocycles. The van der Waals surface area contributed by atoms with Crippen LogP contribution >= 0.6 is 0 Å². The van der Waals surface area contributed by atoms with Gasteiger partial charge in [-0.3, -0.25) is 4.79 Å². The van der Waals surface area contributed by atoms with Gasteiger partial charge in [-0.25, -0.2) is 0 Å². The SMILES string of the molecule is CCN(C)C(=O)C(C)NC1CCN(C(C)C)CC1. The number of hydrogen-bond acceptors (Lipinski definition) is 3. The van der Waals surface area contributed by atoms with Crippen molar-refractivity contribution >= 4 is 5.91 Å². The molecule has 1 atom stereocenters. The summed E-state index contributed by atoms with van der Waals surface area (Å²) in [5.41, 5.74) is 0. The Bertz CT molecular complexity index is 260. The predicted octanol–water partition coefficient (Wildman–Crippen LogP) is 1.32. The molecule has 4 nitrogen and oxygen atoms in total. The number of nitrogens with one attached hydrogen (secondary N) is 1. The van der Waals surface area contributed by atoms with Crippen molar-refractivity contribution in [2.75, 3.05) is 26.7 Å². The highest BCUT2D eigenvalue weighted by molar-refractivity contribution is 5.81. The Morgan fingerprint density at radius 1 is 1.33 bits per heavy atom. The lowest BCUT2D eigenvalue weighted by molar-refractivity contribution is -0.131. The molecule has 0 bridgehead atoms. The van der Waals surface area contributed by atoms with Gasteiger partial charge in [0.15, 0.2) is 0 Å². The van der Waals surface area contributed by atoms with Gasteiger partial charge in [-0.1, -0.05) is 0 Å². The first-order valence-electron chi connectivity index (χ1n) is 7.20. The van der Waals surface area contributed by atoms with E-state index in [-0.39, 0.29) is 11.9 Å². The molecule has 106 valence electrons. The third-order valence-electron chi connectivity index (χ3n) is 3.97. The van der Waals surface area contributed by atoms with Crippen LogP contribution in [0.25, 0.3) is 0 Å². The lowest BCUT2D eigenvalue weighted by atomic mass is 10.0. The third-order valence-corrected chi connectivity index (χ3v) is 3.97. The number of nitrogens with zero attached hydrogens (tertiary/aromatic N) is 2. The fraction of sp³-hybridized carbons (Fsp3) is 0.929. The molecule has 4 heteroatoms. The van der Waals surface area contributed by atoms with E-state index >= 15 is 0 Å². The van der Waals surface area contributed by atoms with Crippen molar-refractivity contribution in [1.29, 1.82) is 0 Å². The zero-order valence-electron chi connectivity index (χ0n) is 12.6. The largest absolute Gasteiger partial charge is 0.345 e. The number of hydrogen-bond donors (Lipinski definition) is 1. The maximum absolute atomic E-state index is 12.0. The van der Waals surface area contributed by atoms with E-state index in [9.17, 15) is 4.79 Å². The average Bonchev–Trinajstić information content (AvgIpc) is 2.37. The van der Waals surface area contributed by atoms with Crippen molar-refractivity contribution in [2.45, 2.75) is 58.7 Å². The van der Waals surface area contributed by atoms with Gasteiger partial charge >= 0.3 is 0 Å². The van der Waals surface area contributed by atoms with Crippen LogP contribution in [0.15, 0.2) is 0 Å². The molecule has 0 radical (unpaired) electrons. The van der Waals surface area contributed by atoms with Crippen molar-refractivity contribution in [1.82, 2.24) is 15.1 Å². The van der Waals surface area contributed by atoms with Crippen LogP contribution in [0, 0.1) is 0 Å². The molecule has 1 heterocycles. The molecule has 1 aliphatic rings. The molecule has 0 spiro atoms. The van der Waals surface area contributed by atoms with E-state index in [2.05, 4.69) is 24.1 Å². The van der Waals surface area contributed by atoms with Gasteiger partial charge in [0, 0.05) is 25.7 Å². The Morgan fingerprint density at radius 3 is 2.33 bits per heavy atom. The summed E-state index contributed by atoms with van der Waals surface area (Å²) >= 11 is 0. The van der Waals surface area contributed by atoms with Gasteiger partial charge in [0.1, 0.15) is 0 Å². The van der Waals surface area contributed by atoms with Gasteiger partial charge in [0.2, 0.25) is 5.91 Å². The summed E-state index contributed by atoms with van der Waals surface area (Å²) in [7, 11) is 1.86. The summed E-state index contributed by atoms with van der Waals surface area (Å²) in [6.07, 6.45) is 2.29. The smallest absolute Gasteiger partial charge is 0.239 e. The summed E-state index contributed by atoms with van der Waals surface area (Å²) in [5.74, 6) is 0.198. The molecule has 18 heavy (non-hydrogen) atoms.